The molecule has 0 bridgehead atoms. The lowest BCUT2D eigenvalue weighted by Gasteiger charge is -2.34. The van der Waals surface area contributed by atoms with Gasteiger partial charge in [-0.1, -0.05) is 18.2 Å². The first-order chi connectivity index (χ1) is 13.5. The van der Waals surface area contributed by atoms with Crippen LogP contribution < -0.4 is 4.90 Å². The van der Waals surface area contributed by atoms with E-state index in [9.17, 15) is 4.79 Å². The molecule has 1 aliphatic rings. The molecule has 6 heteroatoms. The van der Waals surface area contributed by atoms with Crippen LogP contribution in [0.4, 0.5) is 5.69 Å². The van der Waals surface area contributed by atoms with Crippen molar-refractivity contribution in [1.82, 2.24) is 19.4 Å². The number of para-hydroxylation sites is 2. The van der Waals surface area contributed by atoms with E-state index in [-0.39, 0.29) is 5.91 Å². The number of rotatable bonds is 4. The van der Waals surface area contributed by atoms with Crippen LogP contribution in [0, 0.1) is 0 Å². The number of amides is 1. The highest BCUT2D eigenvalue weighted by molar-refractivity contribution is 5.95. The van der Waals surface area contributed by atoms with Crippen LogP contribution in [0.2, 0.25) is 0 Å². The zero-order chi connectivity index (χ0) is 19.7. The van der Waals surface area contributed by atoms with E-state index in [4.69, 9.17) is 4.98 Å². The third kappa shape index (κ3) is 3.60. The highest BCUT2D eigenvalue weighted by Gasteiger charge is 2.23. The number of carbonyl (C=O) groups excluding carboxylic acids is 1. The topological polar surface area (TPSA) is 44.6 Å². The van der Waals surface area contributed by atoms with E-state index in [2.05, 4.69) is 28.6 Å². The molecule has 0 radical (unpaired) electrons. The summed E-state index contributed by atoms with van der Waals surface area (Å²) in [4.78, 5) is 24.0. The van der Waals surface area contributed by atoms with Gasteiger partial charge >= 0.3 is 0 Å². The van der Waals surface area contributed by atoms with Gasteiger partial charge in [0.25, 0.3) is 5.91 Å². The fraction of sp³-hybridized carbons (Fsp3) is 0.364. The molecule has 0 unspecified atom stereocenters. The van der Waals surface area contributed by atoms with E-state index >= 15 is 0 Å². The summed E-state index contributed by atoms with van der Waals surface area (Å²) in [5, 5.41) is 0. The van der Waals surface area contributed by atoms with E-state index in [1.54, 1.807) is 0 Å². The number of anilines is 1. The number of hydrogen-bond donors (Lipinski definition) is 0. The molecule has 2 heterocycles. The van der Waals surface area contributed by atoms with E-state index in [0.29, 0.717) is 0 Å². The Morgan fingerprint density at radius 3 is 2.50 bits per heavy atom. The molecule has 1 aliphatic heterocycles. The second-order valence-corrected chi connectivity index (χ2v) is 7.59. The molecule has 0 atom stereocenters. The summed E-state index contributed by atoms with van der Waals surface area (Å²) < 4.78 is 2.17. The number of piperazine rings is 1. The van der Waals surface area contributed by atoms with Crippen molar-refractivity contribution < 1.29 is 4.79 Å². The lowest BCUT2D eigenvalue weighted by Crippen LogP contribution is -2.48. The van der Waals surface area contributed by atoms with Crippen LogP contribution in [0.25, 0.3) is 11.0 Å². The van der Waals surface area contributed by atoms with Crippen LogP contribution in [-0.2, 0) is 13.6 Å². The highest BCUT2D eigenvalue weighted by atomic mass is 16.2. The number of hydrogen-bond acceptors (Lipinski definition) is 4. The van der Waals surface area contributed by atoms with Crippen LogP contribution in [0.5, 0.6) is 0 Å². The molecule has 1 aromatic heterocycles. The summed E-state index contributed by atoms with van der Waals surface area (Å²) in [5.41, 5.74) is 4.00. The van der Waals surface area contributed by atoms with E-state index in [1.807, 2.05) is 60.3 Å². The summed E-state index contributed by atoms with van der Waals surface area (Å²) in [6, 6.07) is 16.1. The van der Waals surface area contributed by atoms with Gasteiger partial charge in [0.1, 0.15) is 5.82 Å². The van der Waals surface area contributed by atoms with Gasteiger partial charge in [-0.25, -0.2) is 4.98 Å². The Morgan fingerprint density at radius 1 is 1.04 bits per heavy atom. The molecule has 3 aromatic rings. The van der Waals surface area contributed by atoms with Crippen molar-refractivity contribution in [2.75, 3.05) is 45.2 Å². The fourth-order valence-corrected chi connectivity index (χ4v) is 3.75. The molecule has 146 valence electrons. The minimum atomic E-state index is 0.117. The molecule has 0 saturated carbocycles. The molecule has 1 saturated heterocycles. The van der Waals surface area contributed by atoms with E-state index < -0.39 is 0 Å². The van der Waals surface area contributed by atoms with Gasteiger partial charge in [-0.3, -0.25) is 9.69 Å². The van der Waals surface area contributed by atoms with Gasteiger partial charge < -0.3 is 14.4 Å². The summed E-state index contributed by atoms with van der Waals surface area (Å²) in [5.74, 6) is 1.19. The van der Waals surface area contributed by atoms with Gasteiger partial charge in [-0.15, -0.1) is 0 Å². The zero-order valence-corrected chi connectivity index (χ0v) is 16.8. The lowest BCUT2D eigenvalue weighted by atomic mass is 10.1. The van der Waals surface area contributed by atoms with Crippen molar-refractivity contribution in [3.8, 4) is 0 Å². The number of nitrogens with zero attached hydrogens (tertiary/aromatic N) is 5. The second kappa shape index (κ2) is 7.64. The maximum Gasteiger partial charge on any atom is 0.254 e. The number of aromatic nitrogens is 2. The number of carbonyl (C=O) groups is 1. The summed E-state index contributed by atoms with van der Waals surface area (Å²) in [6.45, 7) is 4.03. The number of imidazole rings is 1. The van der Waals surface area contributed by atoms with Gasteiger partial charge in [0, 0.05) is 58.6 Å². The lowest BCUT2D eigenvalue weighted by molar-refractivity contribution is 0.0624. The Bertz CT molecular complexity index is 986. The summed E-state index contributed by atoms with van der Waals surface area (Å²) >= 11 is 0. The normalized spacial score (nSPS) is 15.2. The number of aryl methyl sites for hydroxylation is 1. The van der Waals surface area contributed by atoms with Gasteiger partial charge in [0.15, 0.2) is 0 Å². The summed E-state index contributed by atoms with van der Waals surface area (Å²) in [7, 11) is 6.05. The van der Waals surface area contributed by atoms with Crippen molar-refractivity contribution in [1.29, 1.82) is 0 Å². The molecule has 1 amide bonds. The first-order valence-corrected chi connectivity index (χ1v) is 9.72. The monoisotopic (exact) mass is 377 g/mol. The predicted molar refractivity (Wildman–Crippen MR) is 113 cm³/mol. The van der Waals surface area contributed by atoms with E-state index in [0.717, 1.165) is 60.8 Å². The SMILES string of the molecule is CN(C)c1cccc(C(=O)N2CCN(Cc3nc4ccccc4n3C)CC2)c1. The number of benzene rings is 2. The van der Waals surface area contributed by atoms with Crippen molar-refractivity contribution in [2.45, 2.75) is 6.54 Å². The van der Waals surface area contributed by atoms with E-state index in [1.165, 1.54) is 0 Å². The molecule has 28 heavy (non-hydrogen) atoms. The first kappa shape index (κ1) is 18.5. The number of fused-ring (bicyclic) bond motifs is 1. The zero-order valence-electron chi connectivity index (χ0n) is 16.8. The minimum Gasteiger partial charge on any atom is -0.378 e. The molecule has 0 spiro atoms. The van der Waals surface area contributed by atoms with Crippen LogP contribution in [0.15, 0.2) is 48.5 Å². The highest BCUT2D eigenvalue weighted by Crippen LogP contribution is 2.18. The Kier molecular flexibility index (Phi) is 5.05. The molecule has 1 fully saturated rings. The van der Waals surface area contributed by atoms with Crippen LogP contribution in [-0.4, -0.2) is 65.5 Å². The Labute approximate surface area is 166 Å². The molecule has 6 nitrogen and oxygen atoms in total. The average molecular weight is 377 g/mol. The van der Waals surface area contributed by atoms with Gasteiger partial charge in [0.05, 0.1) is 17.6 Å². The van der Waals surface area contributed by atoms with Crippen molar-refractivity contribution in [2.24, 2.45) is 7.05 Å². The van der Waals surface area contributed by atoms with Crippen LogP contribution >= 0.6 is 0 Å². The molecular weight excluding hydrogens is 350 g/mol. The van der Waals surface area contributed by atoms with Crippen molar-refractivity contribution in [3.05, 3.63) is 59.9 Å². The molecular formula is C22H27N5O. The molecule has 2 aromatic carbocycles. The molecule has 4 rings (SSSR count). The Hall–Kier alpha value is -2.86. The summed E-state index contributed by atoms with van der Waals surface area (Å²) in [6.07, 6.45) is 0. The van der Waals surface area contributed by atoms with Gasteiger partial charge in [0.2, 0.25) is 0 Å². The smallest absolute Gasteiger partial charge is 0.254 e. The molecule has 0 N–H and O–H groups in total. The second-order valence-electron chi connectivity index (χ2n) is 7.59. The standard InChI is InChI=1S/C22H27N5O/c1-24(2)18-8-6-7-17(15-18)22(28)27-13-11-26(12-14-27)16-21-23-19-9-4-5-10-20(19)25(21)3/h4-10,15H,11-14,16H2,1-3H3. The fourth-order valence-electron chi connectivity index (χ4n) is 3.75. The van der Waals surface area contributed by atoms with Crippen molar-refractivity contribution >= 4 is 22.6 Å². The quantitative estimate of drug-likeness (QED) is 0.701. The average Bonchev–Trinajstić information content (AvgIpc) is 3.04. The minimum absolute atomic E-state index is 0.117. The third-order valence-electron chi connectivity index (χ3n) is 5.51. The maximum atomic E-state index is 12.9. The largest absolute Gasteiger partial charge is 0.378 e. The third-order valence-corrected chi connectivity index (χ3v) is 5.51. The Morgan fingerprint density at radius 2 is 1.79 bits per heavy atom. The van der Waals surface area contributed by atoms with Crippen LogP contribution in [0.3, 0.4) is 0 Å². The Balaban J connectivity index is 1.39. The predicted octanol–water partition coefficient (Wildman–Crippen LogP) is 2.60. The van der Waals surface area contributed by atoms with Crippen molar-refractivity contribution in [3.63, 3.8) is 0 Å². The molecule has 0 aliphatic carbocycles. The van der Waals surface area contributed by atoms with Gasteiger partial charge in [-0.05, 0) is 30.3 Å². The maximum absolute atomic E-state index is 12.9. The van der Waals surface area contributed by atoms with Gasteiger partial charge in [-0.2, -0.15) is 0 Å². The first-order valence-electron chi connectivity index (χ1n) is 9.72. The van der Waals surface area contributed by atoms with Crippen LogP contribution in [0.1, 0.15) is 16.2 Å².